The van der Waals surface area contributed by atoms with E-state index in [2.05, 4.69) is 37.8 Å². The Hall–Kier alpha value is -2.59. The minimum absolute atomic E-state index is 0.257. The van der Waals surface area contributed by atoms with Crippen molar-refractivity contribution in [3.63, 3.8) is 0 Å². The van der Waals surface area contributed by atoms with Crippen molar-refractivity contribution in [1.29, 1.82) is 0 Å². The summed E-state index contributed by atoms with van der Waals surface area (Å²) in [6.07, 6.45) is 3.90. The molecule has 0 unspecified atom stereocenters. The summed E-state index contributed by atoms with van der Waals surface area (Å²) in [4.78, 5) is 8.02. The molecule has 0 saturated heterocycles. The zero-order valence-electron chi connectivity index (χ0n) is 16.7. The van der Waals surface area contributed by atoms with Gasteiger partial charge in [-0.3, -0.25) is 4.90 Å². The van der Waals surface area contributed by atoms with E-state index in [9.17, 15) is 5.11 Å². The van der Waals surface area contributed by atoms with Gasteiger partial charge in [0.15, 0.2) is 0 Å². The maximum absolute atomic E-state index is 9.41. The molecule has 0 radical (unpaired) electrons. The van der Waals surface area contributed by atoms with Crippen LogP contribution in [0.15, 0.2) is 65.8 Å². The van der Waals surface area contributed by atoms with Crippen molar-refractivity contribution in [2.75, 3.05) is 13.2 Å². The van der Waals surface area contributed by atoms with E-state index >= 15 is 0 Å². The number of benzene rings is 2. The third kappa shape index (κ3) is 6.91. The zero-order valence-corrected chi connectivity index (χ0v) is 16.7. The first-order chi connectivity index (χ1) is 13.0. The van der Waals surface area contributed by atoms with Crippen molar-refractivity contribution in [3.05, 3.63) is 71.8 Å². The smallest absolute Gasteiger partial charge is 0.129 e. The number of oxime groups is 1. The molecule has 0 bridgehead atoms. The molecule has 0 aromatic heterocycles. The molecule has 4 nitrogen and oxygen atoms in total. The first-order valence-corrected chi connectivity index (χ1v) is 9.45. The lowest BCUT2D eigenvalue weighted by molar-refractivity contribution is 0.0831. The molecule has 0 aliphatic rings. The fraction of sp³-hybridized carbons (Fsp3) is 0.348. The van der Waals surface area contributed by atoms with Gasteiger partial charge in [-0.25, -0.2) is 0 Å². The van der Waals surface area contributed by atoms with Crippen molar-refractivity contribution in [2.45, 2.75) is 39.8 Å². The van der Waals surface area contributed by atoms with Gasteiger partial charge < -0.3 is 9.94 Å². The third-order valence-corrected chi connectivity index (χ3v) is 4.33. The van der Waals surface area contributed by atoms with Gasteiger partial charge in [0.25, 0.3) is 0 Å². The highest BCUT2D eigenvalue weighted by molar-refractivity contribution is 6.10. The molecule has 0 amide bonds. The van der Waals surface area contributed by atoms with Crippen LogP contribution in [-0.4, -0.2) is 41.0 Å². The molecule has 0 aliphatic carbocycles. The van der Waals surface area contributed by atoms with Gasteiger partial charge in [-0.2, -0.15) is 0 Å². The molecule has 0 fully saturated rings. The number of hydrogen-bond donors (Lipinski definition) is 1. The fourth-order valence-corrected chi connectivity index (χ4v) is 2.92. The van der Waals surface area contributed by atoms with Crippen LogP contribution in [0.3, 0.4) is 0 Å². The van der Waals surface area contributed by atoms with E-state index in [0.29, 0.717) is 18.7 Å². The van der Waals surface area contributed by atoms with Crippen LogP contribution in [0.25, 0.3) is 6.08 Å². The molecule has 0 saturated carbocycles. The second-order valence-electron chi connectivity index (χ2n) is 7.03. The van der Waals surface area contributed by atoms with Crippen molar-refractivity contribution in [1.82, 2.24) is 4.90 Å². The number of rotatable bonds is 9. The van der Waals surface area contributed by atoms with Crippen LogP contribution in [-0.2, 0) is 4.84 Å². The van der Waals surface area contributed by atoms with E-state index in [4.69, 9.17) is 4.84 Å². The Bertz CT molecular complexity index is 727. The van der Waals surface area contributed by atoms with Crippen LogP contribution in [0.2, 0.25) is 0 Å². The number of aromatic hydroxyl groups is 1. The first kappa shape index (κ1) is 20.7. The summed E-state index contributed by atoms with van der Waals surface area (Å²) in [5.74, 6) is 0.257. The second kappa shape index (κ2) is 10.5. The quantitative estimate of drug-likeness (QED) is 0.388. The van der Waals surface area contributed by atoms with E-state index in [1.807, 2.05) is 54.6 Å². The maximum Gasteiger partial charge on any atom is 0.129 e. The molecule has 2 aromatic carbocycles. The SMILES string of the molecule is CC(C)N(CCON=C(C=Cc1ccc(O)cc1)c1ccccc1)C(C)C. The Morgan fingerprint density at radius 2 is 1.63 bits per heavy atom. The predicted molar refractivity (Wildman–Crippen MR) is 113 cm³/mol. The summed E-state index contributed by atoms with van der Waals surface area (Å²) in [5.41, 5.74) is 2.75. The molecule has 2 aromatic rings. The lowest BCUT2D eigenvalue weighted by Crippen LogP contribution is -2.39. The topological polar surface area (TPSA) is 45.1 Å². The molecule has 144 valence electrons. The minimum atomic E-state index is 0.257. The molecule has 0 atom stereocenters. The summed E-state index contributed by atoms with van der Waals surface area (Å²) < 4.78 is 0. The van der Waals surface area contributed by atoms with Crippen LogP contribution in [0.1, 0.15) is 38.8 Å². The molecule has 27 heavy (non-hydrogen) atoms. The Balaban J connectivity index is 2.08. The summed E-state index contributed by atoms with van der Waals surface area (Å²) >= 11 is 0. The van der Waals surface area contributed by atoms with Crippen molar-refractivity contribution in [2.24, 2.45) is 5.16 Å². The van der Waals surface area contributed by atoms with E-state index in [1.165, 1.54) is 0 Å². The van der Waals surface area contributed by atoms with Crippen molar-refractivity contribution in [3.8, 4) is 5.75 Å². The normalized spacial score (nSPS) is 12.5. The number of phenolic OH excluding ortho intramolecular Hbond substituents is 1. The summed E-state index contributed by atoms with van der Waals surface area (Å²) in [5, 5.41) is 13.8. The standard InChI is InChI=1S/C23H30N2O2/c1-18(2)25(19(3)4)16-17-27-24-23(21-8-6-5-7-9-21)15-12-20-10-13-22(26)14-11-20/h5-15,18-19,26H,16-17H2,1-4H3. The van der Waals surface area contributed by atoms with Gasteiger partial charge in [0.2, 0.25) is 0 Å². The van der Waals surface area contributed by atoms with Crippen LogP contribution in [0, 0.1) is 0 Å². The van der Waals surface area contributed by atoms with Crippen LogP contribution in [0.5, 0.6) is 5.75 Å². The van der Waals surface area contributed by atoms with Gasteiger partial charge in [-0.05, 0) is 51.5 Å². The van der Waals surface area contributed by atoms with Crippen LogP contribution in [0.4, 0.5) is 0 Å². The van der Waals surface area contributed by atoms with Crippen LogP contribution < -0.4 is 0 Å². The maximum atomic E-state index is 9.41. The zero-order chi connectivity index (χ0) is 19.6. The monoisotopic (exact) mass is 366 g/mol. The predicted octanol–water partition coefficient (Wildman–Crippen LogP) is 4.95. The fourth-order valence-electron chi connectivity index (χ4n) is 2.92. The first-order valence-electron chi connectivity index (χ1n) is 9.45. The van der Waals surface area contributed by atoms with Crippen molar-refractivity contribution >= 4 is 11.8 Å². The number of phenols is 1. The Morgan fingerprint density at radius 3 is 2.22 bits per heavy atom. The van der Waals surface area contributed by atoms with Gasteiger partial charge in [0.1, 0.15) is 18.1 Å². The minimum Gasteiger partial charge on any atom is -0.508 e. The second-order valence-corrected chi connectivity index (χ2v) is 7.03. The van der Waals surface area contributed by atoms with Gasteiger partial charge in [-0.1, -0.05) is 53.7 Å². The molecule has 0 spiro atoms. The van der Waals surface area contributed by atoms with E-state index in [-0.39, 0.29) is 5.75 Å². The molecular weight excluding hydrogens is 336 g/mol. The molecule has 1 N–H and O–H groups in total. The van der Waals surface area contributed by atoms with Gasteiger partial charge >= 0.3 is 0 Å². The Labute approximate surface area is 162 Å². The number of nitrogens with zero attached hydrogens (tertiary/aromatic N) is 2. The molecule has 4 heteroatoms. The average molecular weight is 367 g/mol. The summed E-state index contributed by atoms with van der Waals surface area (Å²) in [6.45, 7) is 10.2. The number of allylic oxidation sites excluding steroid dienone is 1. The number of hydrogen-bond acceptors (Lipinski definition) is 4. The average Bonchev–Trinajstić information content (AvgIpc) is 2.65. The van der Waals surface area contributed by atoms with Crippen molar-refractivity contribution < 1.29 is 9.94 Å². The van der Waals surface area contributed by atoms with Crippen LogP contribution >= 0.6 is 0 Å². The van der Waals surface area contributed by atoms with Gasteiger partial charge in [0.05, 0.1) is 0 Å². The van der Waals surface area contributed by atoms with Gasteiger partial charge in [-0.15, -0.1) is 0 Å². The summed E-state index contributed by atoms with van der Waals surface area (Å²) in [6, 6.07) is 18.0. The lowest BCUT2D eigenvalue weighted by Gasteiger charge is -2.29. The molecule has 2 rings (SSSR count). The summed E-state index contributed by atoms with van der Waals surface area (Å²) in [7, 11) is 0. The lowest BCUT2D eigenvalue weighted by atomic mass is 10.1. The largest absolute Gasteiger partial charge is 0.508 e. The highest BCUT2D eigenvalue weighted by atomic mass is 16.6. The highest BCUT2D eigenvalue weighted by Crippen LogP contribution is 2.12. The van der Waals surface area contributed by atoms with E-state index in [0.717, 1.165) is 23.4 Å². The molecule has 0 aliphatic heterocycles. The van der Waals surface area contributed by atoms with E-state index in [1.54, 1.807) is 12.1 Å². The Kier molecular flexibility index (Phi) is 8.08. The highest BCUT2D eigenvalue weighted by Gasteiger charge is 2.12. The molecule has 0 heterocycles. The van der Waals surface area contributed by atoms with Gasteiger partial charge in [0, 0.05) is 24.2 Å². The Morgan fingerprint density at radius 1 is 1.00 bits per heavy atom. The third-order valence-electron chi connectivity index (χ3n) is 4.33. The van der Waals surface area contributed by atoms with E-state index < -0.39 is 0 Å². The molecular formula is C23H30N2O2.